The number of rotatable bonds is 4. The number of hydrogen-bond acceptors (Lipinski definition) is 2. The lowest BCUT2D eigenvalue weighted by atomic mass is 9.93. The van der Waals surface area contributed by atoms with Gasteiger partial charge >= 0.3 is 0 Å². The summed E-state index contributed by atoms with van der Waals surface area (Å²) in [5.74, 6) is 0.859. The molecular weight excluding hydrogens is 260 g/mol. The molecule has 0 spiro atoms. The van der Waals surface area contributed by atoms with Crippen molar-refractivity contribution in [2.75, 3.05) is 7.11 Å². The van der Waals surface area contributed by atoms with Crippen molar-refractivity contribution in [2.24, 2.45) is 0 Å². The second kappa shape index (κ2) is 6.76. The van der Waals surface area contributed by atoms with Crippen molar-refractivity contribution in [2.45, 2.75) is 38.5 Å². The summed E-state index contributed by atoms with van der Waals surface area (Å²) in [4.78, 5) is 12.1. The Morgan fingerprint density at radius 2 is 2.05 bits per heavy atom. The van der Waals surface area contributed by atoms with Gasteiger partial charge in [-0.3, -0.25) is 4.79 Å². The molecule has 1 fully saturated rings. The molecule has 1 aliphatic rings. The van der Waals surface area contributed by atoms with Crippen molar-refractivity contribution in [1.29, 1.82) is 0 Å². The number of hydrogen-bond donors (Lipinski definition) is 0. The van der Waals surface area contributed by atoms with Gasteiger partial charge in [0.2, 0.25) is 0 Å². The van der Waals surface area contributed by atoms with Gasteiger partial charge in [-0.1, -0.05) is 23.6 Å². The van der Waals surface area contributed by atoms with Crippen molar-refractivity contribution in [3.05, 3.63) is 40.4 Å². The number of allylic oxidation sites excluding steroid dienone is 2. The Kier molecular flexibility index (Phi) is 5.03. The molecule has 0 aromatic heterocycles. The zero-order valence-corrected chi connectivity index (χ0v) is 12.0. The van der Waals surface area contributed by atoms with E-state index in [4.69, 9.17) is 16.3 Å². The van der Waals surface area contributed by atoms with E-state index in [9.17, 15) is 4.79 Å². The van der Waals surface area contributed by atoms with E-state index in [-0.39, 0.29) is 5.78 Å². The molecule has 0 N–H and O–H groups in total. The molecule has 2 rings (SSSR count). The van der Waals surface area contributed by atoms with E-state index >= 15 is 0 Å². The topological polar surface area (TPSA) is 26.3 Å². The summed E-state index contributed by atoms with van der Waals surface area (Å²) in [5.41, 5.74) is 2.14. The molecule has 19 heavy (non-hydrogen) atoms. The van der Waals surface area contributed by atoms with Gasteiger partial charge in [0.1, 0.15) is 5.75 Å². The third-order valence-corrected chi connectivity index (χ3v) is 3.70. The Morgan fingerprint density at radius 1 is 1.32 bits per heavy atom. The molecule has 1 saturated carbocycles. The minimum Gasteiger partial charge on any atom is -0.496 e. The normalized spacial score (nSPS) is 15.2. The standard InChI is InChI=1S/C16H19ClO2/c1-19-16-8-7-14(17)10-13(16)11-15(18)9-12-5-3-2-4-6-12/h7-10H,2-6,11H2,1H3. The number of ketones is 1. The number of methoxy groups -OCH3 is 1. The molecule has 0 amide bonds. The SMILES string of the molecule is COc1ccc(Cl)cc1CC(=O)C=C1CCCCC1. The summed E-state index contributed by atoms with van der Waals surface area (Å²) < 4.78 is 5.26. The Labute approximate surface area is 119 Å². The van der Waals surface area contributed by atoms with Crippen LogP contribution in [0.1, 0.15) is 37.7 Å². The van der Waals surface area contributed by atoms with Gasteiger partial charge < -0.3 is 4.74 Å². The maximum absolute atomic E-state index is 12.1. The fraction of sp³-hybridized carbons (Fsp3) is 0.438. The van der Waals surface area contributed by atoms with E-state index in [0.29, 0.717) is 11.4 Å². The van der Waals surface area contributed by atoms with Crippen LogP contribution in [0.3, 0.4) is 0 Å². The summed E-state index contributed by atoms with van der Waals surface area (Å²) in [6, 6.07) is 5.38. The van der Waals surface area contributed by atoms with Gasteiger partial charge in [-0.05, 0) is 50.0 Å². The molecule has 0 saturated heterocycles. The molecule has 1 aliphatic carbocycles. The second-order valence-electron chi connectivity index (χ2n) is 4.96. The lowest BCUT2D eigenvalue weighted by Gasteiger charge is -2.13. The first-order valence-corrected chi connectivity index (χ1v) is 7.11. The lowest BCUT2D eigenvalue weighted by molar-refractivity contribution is -0.114. The molecular formula is C16H19ClO2. The summed E-state index contributed by atoms with van der Waals surface area (Å²) in [6.45, 7) is 0. The average Bonchev–Trinajstić information content (AvgIpc) is 2.40. The maximum Gasteiger partial charge on any atom is 0.160 e. The van der Waals surface area contributed by atoms with Crippen LogP contribution in [0.5, 0.6) is 5.75 Å². The van der Waals surface area contributed by atoms with Gasteiger partial charge in [-0.15, -0.1) is 0 Å². The zero-order valence-electron chi connectivity index (χ0n) is 11.2. The first-order chi connectivity index (χ1) is 9.19. The van der Waals surface area contributed by atoms with Gasteiger partial charge in [-0.2, -0.15) is 0 Å². The van der Waals surface area contributed by atoms with Crippen LogP contribution in [0.25, 0.3) is 0 Å². The first-order valence-electron chi connectivity index (χ1n) is 6.74. The van der Waals surface area contributed by atoms with Crippen LogP contribution in [0.15, 0.2) is 29.8 Å². The van der Waals surface area contributed by atoms with Gasteiger partial charge in [0.25, 0.3) is 0 Å². The van der Waals surface area contributed by atoms with Crippen LogP contribution in [-0.4, -0.2) is 12.9 Å². The molecule has 0 atom stereocenters. The average molecular weight is 279 g/mol. The summed E-state index contributed by atoms with van der Waals surface area (Å²) in [7, 11) is 1.61. The molecule has 3 heteroatoms. The van der Waals surface area contributed by atoms with Crippen LogP contribution in [0.2, 0.25) is 5.02 Å². The number of carbonyl (C=O) groups excluding carboxylic acids is 1. The van der Waals surface area contributed by atoms with E-state index in [2.05, 4.69) is 0 Å². The van der Waals surface area contributed by atoms with Gasteiger partial charge in [-0.25, -0.2) is 0 Å². The fourth-order valence-corrected chi connectivity index (χ4v) is 2.70. The van der Waals surface area contributed by atoms with Gasteiger partial charge in [0.05, 0.1) is 7.11 Å². The molecule has 0 aliphatic heterocycles. The summed E-state index contributed by atoms with van der Waals surface area (Å²) in [5, 5.41) is 0.633. The van der Waals surface area contributed by atoms with Crippen molar-refractivity contribution >= 4 is 17.4 Å². The third-order valence-electron chi connectivity index (χ3n) is 3.47. The monoisotopic (exact) mass is 278 g/mol. The predicted octanol–water partition coefficient (Wildman–Crippen LogP) is 4.35. The van der Waals surface area contributed by atoms with Crippen molar-refractivity contribution in [1.82, 2.24) is 0 Å². The van der Waals surface area contributed by atoms with E-state index < -0.39 is 0 Å². The zero-order chi connectivity index (χ0) is 13.7. The predicted molar refractivity (Wildman–Crippen MR) is 77.9 cm³/mol. The molecule has 1 aromatic carbocycles. The Bertz CT molecular complexity index is 484. The van der Waals surface area contributed by atoms with E-state index in [1.165, 1.54) is 24.8 Å². The van der Waals surface area contributed by atoms with E-state index in [0.717, 1.165) is 24.2 Å². The molecule has 102 valence electrons. The van der Waals surface area contributed by atoms with Crippen molar-refractivity contribution in [3.8, 4) is 5.75 Å². The quantitative estimate of drug-likeness (QED) is 0.766. The number of halogens is 1. The second-order valence-corrected chi connectivity index (χ2v) is 5.40. The number of ether oxygens (including phenoxy) is 1. The van der Waals surface area contributed by atoms with Crippen LogP contribution < -0.4 is 4.74 Å². The minimum atomic E-state index is 0.137. The highest BCUT2D eigenvalue weighted by molar-refractivity contribution is 6.30. The third kappa shape index (κ3) is 4.10. The largest absolute Gasteiger partial charge is 0.496 e. The maximum atomic E-state index is 12.1. The summed E-state index contributed by atoms with van der Waals surface area (Å²) in [6.07, 6.45) is 8.01. The smallest absolute Gasteiger partial charge is 0.160 e. The molecule has 2 nitrogen and oxygen atoms in total. The minimum absolute atomic E-state index is 0.137. The van der Waals surface area contributed by atoms with Crippen LogP contribution in [-0.2, 0) is 11.2 Å². The Hall–Kier alpha value is -1.28. The summed E-state index contributed by atoms with van der Waals surface area (Å²) >= 11 is 5.97. The first kappa shape index (κ1) is 14.1. The highest BCUT2D eigenvalue weighted by Gasteiger charge is 2.11. The lowest BCUT2D eigenvalue weighted by Crippen LogP contribution is -2.04. The van der Waals surface area contributed by atoms with Gasteiger partial charge in [0, 0.05) is 17.0 Å². The Morgan fingerprint density at radius 3 is 2.74 bits per heavy atom. The van der Waals surface area contributed by atoms with Crippen molar-refractivity contribution < 1.29 is 9.53 Å². The van der Waals surface area contributed by atoms with E-state index in [1.54, 1.807) is 25.3 Å². The molecule has 1 aromatic rings. The molecule has 0 bridgehead atoms. The fourth-order valence-electron chi connectivity index (χ4n) is 2.50. The molecule has 0 radical (unpaired) electrons. The molecule has 0 unspecified atom stereocenters. The van der Waals surface area contributed by atoms with Crippen LogP contribution in [0.4, 0.5) is 0 Å². The highest BCUT2D eigenvalue weighted by atomic mass is 35.5. The van der Waals surface area contributed by atoms with Gasteiger partial charge in [0.15, 0.2) is 5.78 Å². The van der Waals surface area contributed by atoms with Crippen LogP contribution >= 0.6 is 11.6 Å². The Balaban J connectivity index is 2.07. The van der Waals surface area contributed by atoms with Crippen molar-refractivity contribution in [3.63, 3.8) is 0 Å². The van der Waals surface area contributed by atoms with E-state index in [1.807, 2.05) is 6.08 Å². The number of carbonyl (C=O) groups is 1. The number of benzene rings is 1. The highest BCUT2D eigenvalue weighted by Crippen LogP contribution is 2.25. The molecule has 0 heterocycles. The van der Waals surface area contributed by atoms with Crippen LogP contribution in [0, 0.1) is 0 Å².